The van der Waals surface area contributed by atoms with Crippen LogP contribution in [-0.4, -0.2) is 20.7 Å². The van der Waals surface area contributed by atoms with Crippen LogP contribution in [0, 0.1) is 0 Å². The van der Waals surface area contributed by atoms with Crippen LogP contribution in [0.2, 0.25) is 0 Å². The monoisotopic (exact) mass is 320 g/mol. The zero-order chi connectivity index (χ0) is 16.7. The Balaban J connectivity index is 1.97. The van der Waals surface area contributed by atoms with Gasteiger partial charge < -0.3 is 10.3 Å². The minimum atomic E-state index is -0.317. The summed E-state index contributed by atoms with van der Waals surface area (Å²) in [6.45, 7) is 0. The van der Waals surface area contributed by atoms with Gasteiger partial charge in [0.1, 0.15) is 5.82 Å². The number of aromatic amines is 1. The zero-order valence-corrected chi connectivity index (χ0v) is 13.1. The molecule has 120 valence electrons. The predicted molar refractivity (Wildman–Crippen MR) is 90.8 cm³/mol. The fourth-order valence-corrected chi connectivity index (χ4v) is 3.27. The van der Waals surface area contributed by atoms with Gasteiger partial charge in [0.05, 0.1) is 5.69 Å². The molecule has 0 fully saturated rings. The fraction of sp³-hybridized carbons (Fsp3) is 0.167. The van der Waals surface area contributed by atoms with Crippen LogP contribution in [0.15, 0.2) is 53.5 Å². The van der Waals surface area contributed by atoms with E-state index in [0.717, 1.165) is 16.8 Å². The van der Waals surface area contributed by atoms with E-state index >= 15 is 0 Å². The number of hydrogen-bond donors (Lipinski definition) is 2. The van der Waals surface area contributed by atoms with E-state index < -0.39 is 0 Å². The van der Waals surface area contributed by atoms with Crippen LogP contribution in [0.1, 0.15) is 23.5 Å². The lowest BCUT2D eigenvalue weighted by Crippen LogP contribution is -2.27. The summed E-state index contributed by atoms with van der Waals surface area (Å²) in [5.41, 5.74) is 3.05. The van der Waals surface area contributed by atoms with Gasteiger partial charge in [-0.25, -0.2) is 0 Å². The van der Waals surface area contributed by atoms with Crippen LogP contribution in [0.4, 0.5) is 5.82 Å². The average Bonchev–Trinajstić information content (AvgIpc) is 2.92. The largest absolute Gasteiger partial charge is 0.329 e. The Labute approximate surface area is 138 Å². The topological polar surface area (TPSA) is 79.8 Å². The van der Waals surface area contributed by atoms with Gasteiger partial charge in [0, 0.05) is 42.3 Å². The van der Waals surface area contributed by atoms with E-state index in [9.17, 15) is 9.59 Å². The third kappa shape index (κ3) is 2.23. The molecule has 1 unspecified atom stereocenters. The van der Waals surface area contributed by atoms with Crippen LogP contribution in [0.3, 0.4) is 0 Å². The number of carbonyl (C=O) groups is 1. The summed E-state index contributed by atoms with van der Waals surface area (Å²) < 4.78 is 1.67. The number of rotatable bonds is 2. The summed E-state index contributed by atoms with van der Waals surface area (Å²) in [6, 6.07) is 13.3. The quantitative estimate of drug-likeness (QED) is 0.760. The standard InChI is InChI=1S/C18H16N4O2/c1-22-17-15(16(21-22)11-6-3-2-4-7-11)13(10-14(23)20-17)12-8-5-9-19-18(12)24/h2-9,13H,10H2,1H3,(H,19,24)(H,20,23). The minimum absolute atomic E-state index is 0.113. The summed E-state index contributed by atoms with van der Waals surface area (Å²) >= 11 is 0. The first-order valence-electron chi connectivity index (χ1n) is 7.75. The molecule has 3 heterocycles. The summed E-state index contributed by atoms with van der Waals surface area (Å²) in [7, 11) is 1.79. The molecule has 1 aliphatic heterocycles. The van der Waals surface area contributed by atoms with Crippen molar-refractivity contribution in [2.24, 2.45) is 7.05 Å². The maximum atomic E-state index is 12.3. The first-order valence-corrected chi connectivity index (χ1v) is 7.75. The van der Waals surface area contributed by atoms with E-state index in [1.54, 1.807) is 30.1 Å². The van der Waals surface area contributed by atoms with Gasteiger partial charge >= 0.3 is 0 Å². The van der Waals surface area contributed by atoms with Crippen molar-refractivity contribution in [3.8, 4) is 11.3 Å². The normalized spacial score (nSPS) is 16.5. The fourth-order valence-electron chi connectivity index (χ4n) is 3.27. The molecule has 1 amide bonds. The molecule has 1 aliphatic rings. The van der Waals surface area contributed by atoms with Crippen molar-refractivity contribution in [3.05, 3.63) is 70.1 Å². The van der Waals surface area contributed by atoms with Crippen LogP contribution in [-0.2, 0) is 11.8 Å². The van der Waals surface area contributed by atoms with Crippen molar-refractivity contribution >= 4 is 11.7 Å². The Kier molecular flexibility index (Phi) is 3.30. The molecule has 6 nitrogen and oxygen atoms in total. The summed E-state index contributed by atoms with van der Waals surface area (Å²) in [5.74, 6) is 0.222. The molecule has 0 spiro atoms. The van der Waals surface area contributed by atoms with E-state index in [0.29, 0.717) is 11.4 Å². The summed E-state index contributed by atoms with van der Waals surface area (Å²) in [6.07, 6.45) is 1.82. The molecule has 0 radical (unpaired) electrons. The number of anilines is 1. The molecule has 2 aromatic heterocycles. The summed E-state index contributed by atoms with van der Waals surface area (Å²) in [4.78, 5) is 27.1. The van der Waals surface area contributed by atoms with Crippen molar-refractivity contribution in [3.63, 3.8) is 0 Å². The highest BCUT2D eigenvalue weighted by molar-refractivity contribution is 5.96. The Morgan fingerprint density at radius 2 is 1.92 bits per heavy atom. The lowest BCUT2D eigenvalue weighted by molar-refractivity contribution is -0.116. The van der Waals surface area contributed by atoms with Crippen molar-refractivity contribution < 1.29 is 4.79 Å². The Bertz CT molecular complexity index is 972. The van der Waals surface area contributed by atoms with Crippen LogP contribution in [0.25, 0.3) is 11.3 Å². The predicted octanol–water partition coefficient (Wildman–Crippen LogP) is 2.25. The highest BCUT2D eigenvalue weighted by Gasteiger charge is 2.34. The zero-order valence-electron chi connectivity index (χ0n) is 13.1. The molecule has 0 saturated carbocycles. The first-order chi connectivity index (χ1) is 11.6. The highest BCUT2D eigenvalue weighted by atomic mass is 16.2. The molecule has 2 N–H and O–H groups in total. The SMILES string of the molecule is Cn1nc(-c2ccccc2)c2c1NC(=O)CC2c1ccc[nH]c1=O. The third-order valence-electron chi connectivity index (χ3n) is 4.35. The van der Waals surface area contributed by atoms with Crippen LogP contribution < -0.4 is 10.9 Å². The van der Waals surface area contributed by atoms with Gasteiger partial charge in [-0.1, -0.05) is 36.4 Å². The molecule has 4 rings (SSSR count). The van der Waals surface area contributed by atoms with Crippen molar-refractivity contribution in [2.75, 3.05) is 5.32 Å². The first kappa shape index (κ1) is 14.4. The second-order valence-corrected chi connectivity index (χ2v) is 5.86. The molecule has 0 aliphatic carbocycles. The Morgan fingerprint density at radius 1 is 1.12 bits per heavy atom. The number of aryl methyl sites for hydroxylation is 1. The molecule has 0 bridgehead atoms. The number of amides is 1. The van der Waals surface area contributed by atoms with Crippen LogP contribution in [0.5, 0.6) is 0 Å². The number of hydrogen-bond acceptors (Lipinski definition) is 3. The van der Waals surface area contributed by atoms with Gasteiger partial charge in [-0.3, -0.25) is 14.3 Å². The molecule has 1 aromatic carbocycles. The number of pyridine rings is 1. The maximum absolute atomic E-state index is 12.3. The van der Waals surface area contributed by atoms with E-state index in [-0.39, 0.29) is 23.8 Å². The van der Waals surface area contributed by atoms with Crippen molar-refractivity contribution in [1.29, 1.82) is 0 Å². The van der Waals surface area contributed by atoms with E-state index in [1.807, 2.05) is 30.3 Å². The minimum Gasteiger partial charge on any atom is -0.329 e. The third-order valence-corrected chi connectivity index (χ3v) is 4.35. The van der Waals surface area contributed by atoms with E-state index in [1.165, 1.54) is 0 Å². The lowest BCUT2D eigenvalue weighted by atomic mass is 9.85. The number of nitrogens with one attached hydrogen (secondary N) is 2. The molecule has 3 aromatic rings. The smallest absolute Gasteiger partial charge is 0.251 e. The van der Waals surface area contributed by atoms with Gasteiger partial charge in [0.15, 0.2) is 0 Å². The highest BCUT2D eigenvalue weighted by Crippen LogP contribution is 2.41. The lowest BCUT2D eigenvalue weighted by Gasteiger charge is -2.23. The van der Waals surface area contributed by atoms with Gasteiger partial charge in [-0.05, 0) is 6.07 Å². The van der Waals surface area contributed by atoms with Crippen LogP contribution >= 0.6 is 0 Å². The Hall–Kier alpha value is -3.15. The van der Waals surface area contributed by atoms with E-state index in [2.05, 4.69) is 15.4 Å². The number of aromatic nitrogens is 3. The second kappa shape index (κ2) is 5.49. The average molecular weight is 320 g/mol. The molecular formula is C18H16N4O2. The molecule has 24 heavy (non-hydrogen) atoms. The van der Waals surface area contributed by atoms with Crippen molar-refractivity contribution in [2.45, 2.75) is 12.3 Å². The number of benzene rings is 1. The Morgan fingerprint density at radius 3 is 2.67 bits per heavy atom. The molecule has 6 heteroatoms. The number of carbonyl (C=O) groups excluding carboxylic acids is 1. The summed E-state index contributed by atoms with van der Waals surface area (Å²) in [5, 5.41) is 7.48. The van der Waals surface area contributed by atoms with Gasteiger partial charge in [-0.2, -0.15) is 5.10 Å². The maximum Gasteiger partial charge on any atom is 0.251 e. The van der Waals surface area contributed by atoms with Crippen molar-refractivity contribution in [1.82, 2.24) is 14.8 Å². The number of nitrogens with zero attached hydrogens (tertiary/aromatic N) is 2. The van der Waals surface area contributed by atoms with Gasteiger partial charge in [0.25, 0.3) is 5.56 Å². The molecule has 0 saturated heterocycles. The van der Waals surface area contributed by atoms with Gasteiger partial charge in [0.2, 0.25) is 5.91 Å². The van der Waals surface area contributed by atoms with E-state index in [4.69, 9.17) is 0 Å². The number of H-pyrrole nitrogens is 1. The second-order valence-electron chi connectivity index (χ2n) is 5.86. The molecule has 1 atom stereocenters. The molecular weight excluding hydrogens is 304 g/mol. The van der Waals surface area contributed by atoms with Gasteiger partial charge in [-0.15, -0.1) is 0 Å². The number of fused-ring (bicyclic) bond motifs is 1.